The summed E-state index contributed by atoms with van der Waals surface area (Å²) in [5, 5.41) is 3.49. The second-order valence-corrected chi connectivity index (χ2v) is 9.81. The molecule has 0 unspecified atom stereocenters. The average molecular weight is 515 g/mol. The van der Waals surface area contributed by atoms with Crippen LogP contribution in [0, 0.1) is 0 Å². The number of rotatable bonds is 5. The topological polar surface area (TPSA) is 106 Å². The predicted molar refractivity (Wildman–Crippen MR) is 136 cm³/mol. The number of anilines is 1. The highest BCUT2D eigenvalue weighted by Gasteiger charge is 2.30. The van der Waals surface area contributed by atoms with E-state index >= 15 is 0 Å². The Morgan fingerprint density at radius 2 is 1.78 bits per heavy atom. The Morgan fingerprint density at radius 1 is 1.03 bits per heavy atom. The smallest absolute Gasteiger partial charge is 0.321 e. The second kappa shape index (κ2) is 10.9. The van der Waals surface area contributed by atoms with Crippen LogP contribution in [0.15, 0.2) is 36.4 Å². The number of urea groups is 1. The van der Waals surface area contributed by atoms with Crippen molar-refractivity contribution >= 4 is 29.2 Å². The fourth-order valence-corrected chi connectivity index (χ4v) is 5.08. The normalized spacial score (nSPS) is 21.2. The third kappa shape index (κ3) is 5.53. The molecule has 2 aromatic carbocycles. The van der Waals surface area contributed by atoms with Crippen LogP contribution in [0.25, 0.3) is 0 Å². The first-order valence-electron chi connectivity index (χ1n) is 12.4. The summed E-state index contributed by atoms with van der Waals surface area (Å²) in [4.78, 5) is 30.0. The Hall–Kier alpha value is -3.01. The molecule has 36 heavy (non-hydrogen) atoms. The highest BCUT2D eigenvalue weighted by atomic mass is 35.5. The molecule has 0 bridgehead atoms. The number of benzene rings is 2. The van der Waals surface area contributed by atoms with Gasteiger partial charge in [0.2, 0.25) is 6.79 Å². The van der Waals surface area contributed by atoms with Gasteiger partial charge < -0.3 is 35.1 Å². The number of hydrogen-bond acceptors (Lipinski definition) is 6. The standard InChI is InChI=1S/C26H31ClN4O5/c27-22-7-4-20(29-26(33)30-9-11-34-12-10-30)13-18(22)15-31(21-5-2-19(28)3-6-21)25(32)17-1-8-23-24(14-17)36-16-35-23/h1,4,7-8,13-14,19,21H,2-3,5-6,9-12,15-16,28H2,(H,29,33). The minimum absolute atomic E-state index is 0.0328. The van der Waals surface area contributed by atoms with Crippen molar-refractivity contribution in [1.82, 2.24) is 9.80 Å². The summed E-state index contributed by atoms with van der Waals surface area (Å²) in [5.74, 6) is 1.10. The van der Waals surface area contributed by atoms with Gasteiger partial charge in [-0.2, -0.15) is 0 Å². The number of halogens is 1. The lowest BCUT2D eigenvalue weighted by Crippen LogP contribution is -2.44. The molecule has 3 aliphatic rings. The summed E-state index contributed by atoms with van der Waals surface area (Å²) in [6, 6.07) is 10.6. The van der Waals surface area contributed by atoms with Crippen molar-refractivity contribution in [1.29, 1.82) is 0 Å². The monoisotopic (exact) mass is 514 g/mol. The maximum absolute atomic E-state index is 13.8. The Labute approximate surface area is 215 Å². The second-order valence-electron chi connectivity index (χ2n) is 9.41. The molecule has 10 heteroatoms. The number of ether oxygens (including phenoxy) is 3. The van der Waals surface area contributed by atoms with Gasteiger partial charge in [-0.15, -0.1) is 0 Å². The van der Waals surface area contributed by atoms with Gasteiger partial charge in [-0.1, -0.05) is 11.6 Å². The summed E-state index contributed by atoms with van der Waals surface area (Å²) in [6.45, 7) is 2.62. The van der Waals surface area contributed by atoms with Crippen molar-refractivity contribution < 1.29 is 23.8 Å². The first-order valence-corrected chi connectivity index (χ1v) is 12.7. The van der Waals surface area contributed by atoms with Gasteiger partial charge in [0.25, 0.3) is 5.91 Å². The number of fused-ring (bicyclic) bond motifs is 1. The van der Waals surface area contributed by atoms with E-state index in [-0.39, 0.29) is 30.8 Å². The van der Waals surface area contributed by atoms with Crippen molar-refractivity contribution in [3.63, 3.8) is 0 Å². The molecule has 1 aliphatic carbocycles. The molecule has 3 amide bonds. The summed E-state index contributed by atoms with van der Waals surface area (Å²) in [5.41, 5.74) is 8.07. The number of amides is 3. The molecule has 2 fully saturated rings. The molecule has 0 radical (unpaired) electrons. The Morgan fingerprint density at radius 3 is 2.56 bits per heavy atom. The number of morpholine rings is 1. The molecule has 0 atom stereocenters. The maximum atomic E-state index is 13.8. The highest BCUT2D eigenvalue weighted by molar-refractivity contribution is 6.31. The van der Waals surface area contributed by atoms with Crippen LogP contribution in [-0.4, -0.2) is 66.9 Å². The molecule has 0 aromatic heterocycles. The molecular formula is C26H31ClN4O5. The fraction of sp³-hybridized carbons (Fsp3) is 0.462. The van der Waals surface area contributed by atoms with E-state index in [1.54, 1.807) is 35.2 Å². The van der Waals surface area contributed by atoms with Crippen LogP contribution >= 0.6 is 11.6 Å². The third-order valence-electron chi connectivity index (χ3n) is 7.00. The van der Waals surface area contributed by atoms with Gasteiger partial charge >= 0.3 is 6.03 Å². The number of carbonyl (C=O) groups is 2. The Bertz CT molecular complexity index is 1120. The van der Waals surface area contributed by atoms with Crippen LogP contribution in [0.2, 0.25) is 5.02 Å². The van der Waals surface area contributed by atoms with Crippen LogP contribution in [-0.2, 0) is 11.3 Å². The van der Waals surface area contributed by atoms with Gasteiger partial charge in [-0.05, 0) is 67.6 Å². The molecule has 0 spiro atoms. The molecular weight excluding hydrogens is 484 g/mol. The van der Waals surface area contributed by atoms with Gasteiger partial charge in [-0.3, -0.25) is 4.79 Å². The zero-order valence-corrected chi connectivity index (χ0v) is 20.8. The van der Waals surface area contributed by atoms with Crippen LogP contribution < -0.4 is 20.5 Å². The first kappa shape index (κ1) is 24.7. The van der Waals surface area contributed by atoms with Crippen molar-refractivity contribution in [2.24, 2.45) is 5.73 Å². The van der Waals surface area contributed by atoms with Crippen LogP contribution in [0.4, 0.5) is 10.5 Å². The van der Waals surface area contributed by atoms with E-state index < -0.39 is 0 Å². The van der Waals surface area contributed by atoms with Crippen LogP contribution in [0.1, 0.15) is 41.6 Å². The van der Waals surface area contributed by atoms with E-state index in [0.717, 1.165) is 31.2 Å². The highest BCUT2D eigenvalue weighted by Crippen LogP contribution is 2.34. The average Bonchev–Trinajstić information content (AvgIpc) is 3.38. The van der Waals surface area contributed by atoms with Gasteiger partial charge in [0, 0.05) is 48.0 Å². The third-order valence-corrected chi connectivity index (χ3v) is 7.37. The number of carbonyl (C=O) groups excluding carboxylic acids is 2. The molecule has 1 saturated heterocycles. The summed E-state index contributed by atoms with van der Waals surface area (Å²) in [6.07, 6.45) is 3.36. The Balaban J connectivity index is 1.37. The SMILES string of the molecule is NC1CCC(N(Cc2cc(NC(=O)N3CCOCC3)ccc2Cl)C(=O)c2ccc3c(c2)OCO3)CC1. The lowest BCUT2D eigenvalue weighted by atomic mass is 9.90. The number of nitrogens with two attached hydrogens (primary N) is 1. The Kier molecular flexibility index (Phi) is 7.50. The molecule has 3 N–H and O–H groups in total. The van der Waals surface area contributed by atoms with E-state index in [2.05, 4.69) is 5.32 Å². The lowest BCUT2D eigenvalue weighted by molar-refractivity contribution is 0.0564. The minimum Gasteiger partial charge on any atom is -0.454 e. The summed E-state index contributed by atoms with van der Waals surface area (Å²) >= 11 is 6.58. The van der Waals surface area contributed by atoms with Gasteiger partial charge in [0.1, 0.15) is 0 Å². The van der Waals surface area contributed by atoms with Crippen LogP contribution in [0.3, 0.4) is 0 Å². The molecule has 2 aliphatic heterocycles. The molecule has 2 aromatic rings. The molecule has 5 rings (SSSR count). The molecule has 192 valence electrons. The van der Waals surface area contributed by atoms with Gasteiger partial charge in [0.05, 0.1) is 13.2 Å². The zero-order valence-electron chi connectivity index (χ0n) is 20.1. The van der Waals surface area contributed by atoms with E-state index in [1.165, 1.54) is 0 Å². The van der Waals surface area contributed by atoms with Crippen molar-refractivity contribution in [2.45, 2.75) is 44.3 Å². The van der Waals surface area contributed by atoms with E-state index in [1.807, 2.05) is 11.0 Å². The molecule has 9 nitrogen and oxygen atoms in total. The number of nitrogens with one attached hydrogen (secondary N) is 1. The number of hydrogen-bond donors (Lipinski definition) is 2. The van der Waals surface area contributed by atoms with E-state index in [4.69, 9.17) is 31.5 Å². The summed E-state index contributed by atoms with van der Waals surface area (Å²) in [7, 11) is 0. The maximum Gasteiger partial charge on any atom is 0.321 e. The first-order chi connectivity index (χ1) is 17.5. The number of nitrogens with zero attached hydrogens (tertiary/aromatic N) is 2. The fourth-order valence-electron chi connectivity index (χ4n) is 4.90. The van der Waals surface area contributed by atoms with Gasteiger partial charge in [-0.25, -0.2) is 4.79 Å². The van der Waals surface area contributed by atoms with Crippen molar-refractivity contribution in [3.05, 3.63) is 52.5 Å². The lowest BCUT2D eigenvalue weighted by Gasteiger charge is -2.36. The van der Waals surface area contributed by atoms with Crippen molar-refractivity contribution in [2.75, 3.05) is 38.4 Å². The largest absolute Gasteiger partial charge is 0.454 e. The van der Waals surface area contributed by atoms with Crippen molar-refractivity contribution in [3.8, 4) is 11.5 Å². The quantitative estimate of drug-likeness (QED) is 0.628. The minimum atomic E-state index is -0.180. The molecule has 2 heterocycles. The summed E-state index contributed by atoms with van der Waals surface area (Å²) < 4.78 is 16.2. The van der Waals surface area contributed by atoms with Gasteiger partial charge in [0.15, 0.2) is 11.5 Å². The van der Waals surface area contributed by atoms with E-state index in [9.17, 15) is 9.59 Å². The van der Waals surface area contributed by atoms with Crippen LogP contribution in [0.5, 0.6) is 11.5 Å². The predicted octanol–water partition coefficient (Wildman–Crippen LogP) is 3.85. The van der Waals surface area contributed by atoms with E-state index in [0.29, 0.717) is 60.6 Å². The molecule has 1 saturated carbocycles. The zero-order chi connectivity index (χ0) is 25.1.